The Labute approximate surface area is 165 Å². The molecule has 2 atom stereocenters. The van der Waals surface area contributed by atoms with Gasteiger partial charge in [0.2, 0.25) is 0 Å². The Bertz CT molecular complexity index is 522. The third kappa shape index (κ3) is 9.25. The Balaban J connectivity index is 5.57. The van der Waals surface area contributed by atoms with Gasteiger partial charge >= 0.3 is 11.9 Å². The molecule has 9 heteroatoms. The number of ether oxygens (including phenoxy) is 4. The molecule has 160 valence electrons. The summed E-state index contributed by atoms with van der Waals surface area (Å²) in [6, 6.07) is 0. The van der Waals surface area contributed by atoms with Crippen molar-refractivity contribution in [2.75, 3.05) is 33.5 Å². The van der Waals surface area contributed by atoms with Crippen LogP contribution >= 0.6 is 0 Å². The molecule has 0 saturated carbocycles. The molecule has 0 bridgehead atoms. The van der Waals surface area contributed by atoms with E-state index in [0.29, 0.717) is 0 Å². The average molecular weight is 401 g/mol. The average Bonchev–Trinajstić information content (AvgIpc) is 2.70. The molecule has 0 aliphatic rings. The Morgan fingerprint density at radius 1 is 1.00 bits per heavy atom. The van der Waals surface area contributed by atoms with E-state index in [1.54, 1.807) is 20.9 Å². The van der Waals surface area contributed by atoms with Crippen LogP contribution in [0.25, 0.3) is 0 Å². The largest absolute Gasteiger partial charge is 0.462 e. The predicted molar refractivity (Wildman–Crippen MR) is 102 cm³/mol. The monoisotopic (exact) mass is 401 g/mol. The van der Waals surface area contributed by atoms with Crippen molar-refractivity contribution in [1.82, 2.24) is 5.32 Å². The zero-order valence-electron chi connectivity index (χ0n) is 16.7. The molecule has 0 spiro atoms. The molecule has 9 nitrogen and oxygen atoms in total. The highest BCUT2D eigenvalue weighted by Gasteiger charge is 2.39. The molecule has 0 fully saturated rings. The highest BCUT2D eigenvalue weighted by molar-refractivity contribution is 5.81. The maximum Gasteiger partial charge on any atom is 0.330 e. The minimum absolute atomic E-state index is 0.141. The van der Waals surface area contributed by atoms with Crippen LogP contribution in [0, 0.1) is 5.41 Å². The third-order valence-electron chi connectivity index (χ3n) is 3.82. The van der Waals surface area contributed by atoms with E-state index < -0.39 is 35.5 Å². The van der Waals surface area contributed by atoms with Gasteiger partial charge in [-0.1, -0.05) is 19.7 Å². The van der Waals surface area contributed by atoms with Crippen LogP contribution < -0.4 is 5.32 Å². The van der Waals surface area contributed by atoms with Crippen molar-refractivity contribution in [2.24, 2.45) is 5.41 Å². The van der Waals surface area contributed by atoms with Crippen molar-refractivity contribution in [3.8, 4) is 0 Å². The lowest BCUT2D eigenvalue weighted by Crippen LogP contribution is -2.51. The summed E-state index contributed by atoms with van der Waals surface area (Å²) in [7, 11) is 1.56. The summed E-state index contributed by atoms with van der Waals surface area (Å²) in [5.41, 5.74) is -2.23. The first kappa shape index (κ1) is 26.0. The van der Waals surface area contributed by atoms with Gasteiger partial charge in [-0.3, -0.25) is 5.32 Å². The standard InChI is InChI=1S/C19H31NO8/c1-7-14(21)25-10-19(11-26-15(22)8-2,12-27-16(23)9-3)13-28-18(4,5)17(24)20-6/h7-9,14,17,20-21,24H,1-3,10-13H2,4-6H3. The van der Waals surface area contributed by atoms with E-state index in [1.807, 2.05) is 0 Å². The van der Waals surface area contributed by atoms with Gasteiger partial charge in [0.1, 0.15) is 25.0 Å². The highest BCUT2D eigenvalue weighted by Crippen LogP contribution is 2.25. The van der Waals surface area contributed by atoms with E-state index in [-0.39, 0.29) is 26.4 Å². The number of carbonyl (C=O) groups is 2. The van der Waals surface area contributed by atoms with E-state index in [9.17, 15) is 19.8 Å². The fourth-order valence-corrected chi connectivity index (χ4v) is 1.91. The van der Waals surface area contributed by atoms with Crippen LogP contribution in [0.15, 0.2) is 38.0 Å². The molecule has 0 radical (unpaired) electrons. The van der Waals surface area contributed by atoms with Crippen molar-refractivity contribution in [3.63, 3.8) is 0 Å². The Morgan fingerprint density at radius 2 is 1.50 bits per heavy atom. The van der Waals surface area contributed by atoms with Crippen molar-refractivity contribution in [3.05, 3.63) is 38.0 Å². The second-order valence-electron chi connectivity index (χ2n) is 6.64. The number of hydrogen-bond acceptors (Lipinski definition) is 9. The van der Waals surface area contributed by atoms with E-state index in [1.165, 1.54) is 0 Å². The van der Waals surface area contributed by atoms with Gasteiger partial charge < -0.3 is 29.2 Å². The van der Waals surface area contributed by atoms with Gasteiger partial charge in [0, 0.05) is 12.2 Å². The summed E-state index contributed by atoms with van der Waals surface area (Å²) in [6.07, 6.45) is 0.827. The molecule has 0 rings (SSSR count). The number of hydrogen-bond donors (Lipinski definition) is 3. The van der Waals surface area contributed by atoms with Gasteiger partial charge in [-0.2, -0.15) is 0 Å². The molecule has 0 heterocycles. The Kier molecular flexibility index (Phi) is 11.5. The third-order valence-corrected chi connectivity index (χ3v) is 3.82. The van der Waals surface area contributed by atoms with Gasteiger partial charge in [-0.25, -0.2) is 9.59 Å². The van der Waals surface area contributed by atoms with Crippen molar-refractivity contribution in [1.29, 1.82) is 0 Å². The number of esters is 2. The SMILES string of the molecule is C=CC(=O)OCC(COC(=O)C=C)(COC(O)C=C)COC(C)(C)C(O)NC. The van der Waals surface area contributed by atoms with Crippen molar-refractivity contribution >= 4 is 11.9 Å². The lowest BCUT2D eigenvalue weighted by Gasteiger charge is -2.37. The first-order valence-corrected chi connectivity index (χ1v) is 8.55. The minimum atomic E-state index is -1.29. The summed E-state index contributed by atoms with van der Waals surface area (Å²) in [4.78, 5) is 23.1. The van der Waals surface area contributed by atoms with E-state index in [0.717, 1.165) is 18.2 Å². The van der Waals surface area contributed by atoms with E-state index in [4.69, 9.17) is 18.9 Å². The smallest absolute Gasteiger partial charge is 0.330 e. The number of likely N-dealkylation sites (N-methyl/N-ethyl adjacent to an activating group) is 1. The number of carbonyl (C=O) groups excluding carboxylic acids is 2. The van der Waals surface area contributed by atoms with E-state index in [2.05, 4.69) is 25.1 Å². The van der Waals surface area contributed by atoms with Gasteiger partial charge in [0.05, 0.1) is 18.6 Å². The quantitative estimate of drug-likeness (QED) is 0.154. The zero-order valence-corrected chi connectivity index (χ0v) is 16.7. The molecule has 28 heavy (non-hydrogen) atoms. The fraction of sp³-hybridized carbons (Fsp3) is 0.579. The predicted octanol–water partition coefficient (Wildman–Crippen LogP) is 0.285. The van der Waals surface area contributed by atoms with Crippen LogP contribution in [0.5, 0.6) is 0 Å². The molecule has 0 aliphatic carbocycles. The maximum absolute atomic E-state index is 11.5. The summed E-state index contributed by atoms with van der Waals surface area (Å²) in [5, 5.41) is 22.3. The van der Waals surface area contributed by atoms with Crippen LogP contribution in [0.3, 0.4) is 0 Å². The Hall–Kier alpha value is -2.04. The molecule has 0 saturated heterocycles. The molecule has 2 unspecified atom stereocenters. The lowest BCUT2D eigenvalue weighted by molar-refractivity contribution is -0.187. The number of aliphatic hydroxyl groups is 2. The summed E-state index contributed by atoms with van der Waals surface area (Å²) >= 11 is 0. The molecular formula is C19H31NO8. The van der Waals surface area contributed by atoms with E-state index >= 15 is 0 Å². The van der Waals surface area contributed by atoms with Crippen molar-refractivity contribution < 1.29 is 38.7 Å². The topological polar surface area (TPSA) is 124 Å². The maximum atomic E-state index is 11.5. The fourth-order valence-electron chi connectivity index (χ4n) is 1.91. The van der Waals surface area contributed by atoms with Crippen molar-refractivity contribution in [2.45, 2.75) is 32.0 Å². The van der Waals surface area contributed by atoms with Gasteiger partial charge in [0.25, 0.3) is 0 Å². The first-order valence-electron chi connectivity index (χ1n) is 8.55. The molecule has 0 aromatic heterocycles. The van der Waals surface area contributed by atoms with Crippen LogP contribution in [-0.2, 0) is 28.5 Å². The summed E-state index contributed by atoms with van der Waals surface area (Å²) in [6.45, 7) is 12.5. The normalized spacial score (nSPS) is 13.9. The van der Waals surface area contributed by atoms with Crippen LogP contribution in [0.1, 0.15) is 13.8 Å². The molecule has 0 amide bonds. The highest BCUT2D eigenvalue weighted by atomic mass is 16.6. The van der Waals surface area contributed by atoms with Crippen LogP contribution in [-0.4, -0.2) is 73.7 Å². The van der Waals surface area contributed by atoms with Gasteiger partial charge in [0.15, 0.2) is 6.29 Å². The zero-order chi connectivity index (χ0) is 21.8. The molecule has 0 aromatic carbocycles. The minimum Gasteiger partial charge on any atom is -0.462 e. The number of aliphatic hydroxyl groups excluding tert-OH is 2. The molecular weight excluding hydrogens is 370 g/mol. The number of nitrogens with one attached hydrogen (secondary N) is 1. The molecule has 0 aromatic rings. The first-order chi connectivity index (χ1) is 13.1. The summed E-state index contributed by atoms with van der Waals surface area (Å²) in [5.74, 6) is -1.39. The van der Waals surface area contributed by atoms with Gasteiger partial charge in [-0.15, -0.1) is 0 Å². The van der Waals surface area contributed by atoms with Gasteiger partial charge in [-0.05, 0) is 27.0 Å². The molecule has 3 N–H and O–H groups in total. The number of rotatable bonds is 15. The Morgan fingerprint density at radius 3 is 1.89 bits per heavy atom. The molecule has 0 aliphatic heterocycles. The lowest BCUT2D eigenvalue weighted by atomic mass is 9.91. The second kappa shape index (κ2) is 12.4. The summed E-state index contributed by atoms with van der Waals surface area (Å²) < 4.78 is 21.3. The van der Waals surface area contributed by atoms with Crippen LogP contribution in [0.2, 0.25) is 0 Å². The second-order valence-corrected chi connectivity index (χ2v) is 6.64. The van der Waals surface area contributed by atoms with Crippen LogP contribution in [0.4, 0.5) is 0 Å².